The molecule has 4 nitrogen and oxygen atoms in total. The van der Waals surface area contributed by atoms with Crippen molar-refractivity contribution in [3.63, 3.8) is 0 Å². The Labute approximate surface area is 35.3 Å². The predicted molar refractivity (Wildman–Crippen MR) is 15.8 cm³/mol. The predicted octanol–water partition coefficient (Wildman–Crippen LogP) is -1.03. The van der Waals surface area contributed by atoms with E-state index < -0.39 is 15.0 Å². The summed E-state index contributed by atoms with van der Waals surface area (Å²) in [5.74, 6) is 0. The van der Waals surface area contributed by atoms with E-state index in [2.05, 4.69) is 4.52 Å². The van der Waals surface area contributed by atoms with Gasteiger partial charge in [0.05, 0.1) is 0 Å². The van der Waals surface area contributed by atoms with Crippen molar-refractivity contribution in [3.05, 3.63) is 0 Å². The van der Waals surface area contributed by atoms with Crippen LogP contribution in [0.25, 0.3) is 0 Å². The SMILES string of the molecule is O=[P+]([O-])OCO. The first-order valence-corrected chi connectivity index (χ1v) is 2.25. The molecule has 0 amide bonds. The zero-order valence-electron chi connectivity index (χ0n) is 2.83. The van der Waals surface area contributed by atoms with Crippen molar-refractivity contribution in [1.82, 2.24) is 0 Å². The summed E-state index contributed by atoms with van der Waals surface area (Å²) in [5.41, 5.74) is 0. The van der Waals surface area contributed by atoms with E-state index in [9.17, 15) is 9.46 Å². The number of hydrogen-bond donors (Lipinski definition) is 1. The van der Waals surface area contributed by atoms with E-state index in [0.29, 0.717) is 0 Å². The second kappa shape index (κ2) is 3.18. The van der Waals surface area contributed by atoms with Gasteiger partial charge in [-0.1, -0.05) is 0 Å². The summed E-state index contributed by atoms with van der Waals surface area (Å²) >= 11 is 0. The molecular formula is CH3O4P. The largest absolute Gasteiger partial charge is 0.566 e. The summed E-state index contributed by atoms with van der Waals surface area (Å²) in [6, 6.07) is 0. The molecule has 6 heavy (non-hydrogen) atoms. The lowest BCUT2D eigenvalue weighted by Gasteiger charge is -1.78. The molecule has 0 fully saturated rings. The van der Waals surface area contributed by atoms with Crippen LogP contribution in [0.4, 0.5) is 0 Å². The van der Waals surface area contributed by atoms with Crippen molar-refractivity contribution in [3.8, 4) is 0 Å². The Hall–Kier alpha value is -0.0200. The van der Waals surface area contributed by atoms with E-state index in [0.717, 1.165) is 0 Å². The van der Waals surface area contributed by atoms with Crippen molar-refractivity contribution in [2.45, 2.75) is 0 Å². The average Bonchev–Trinajstić information content (AvgIpc) is 1.35. The molecule has 0 bridgehead atoms. The summed E-state index contributed by atoms with van der Waals surface area (Å²) in [7, 11) is -2.85. The van der Waals surface area contributed by atoms with Gasteiger partial charge in [0, 0.05) is 0 Å². The topological polar surface area (TPSA) is 69.6 Å². The zero-order valence-corrected chi connectivity index (χ0v) is 3.72. The first-order chi connectivity index (χ1) is 2.77. The minimum atomic E-state index is -2.85. The molecule has 0 heterocycles. The molecule has 0 radical (unpaired) electrons. The quantitative estimate of drug-likeness (QED) is 0.364. The standard InChI is InChI=1S/CH3O4P/c2-1-5-6(3)4/h2H,1H2. The van der Waals surface area contributed by atoms with Gasteiger partial charge in [0.25, 0.3) is 0 Å². The molecule has 0 saturated heterocycles. The smallest absolute Gasteiger partial charge is 0.490 e. The summed E-state index contributed by atoms with van der Waals surface area (Å²) < 4.78 is 12.8. The van der Waals surface area contributed by atoms with Gasteiger partial charge in [0.1, 0.15) is 0 Å². The first kappa shape index (κ1) is 5.98. The number of rotatable bonds is 2. The maximum atomic E-state index is 9.25. The lowest BCUT2D eigenvalue weighted by atomic mass is 11.6. The highest BCUT2D eigenvalue weighted by atomic mass is 31.1. The lowest BCUT2D eigenvalue weighted by molar-refractivity contribution is -0.190. The zero-order chi connectivity index (χ0) is 4.99. The van der Waals surface area contributed by atoms with Crippen LogP contribution in [0, 0.1) is 0 Å². The molecule has 1 atom stereocenters. The maximum Gasteiger partial charge on any atom is 0.490 e. The molecule has 5 heteroatoms. The first-order valence-electron chi connectivity index (χ1n) is 1.15. The lowest BCUT2D eigenvalue weighted by Crippen LogP contribution is -1.91. The highest BCUT2D eigenvalue weighted by Crippen LogP contribution is 2.04. The van der Waals surface area contributed by atoms with Gasteiger partial charge < -0.3 is 10.00 Å². The van der Waals surface area contributed by atoms with Gasteiger partial charge in [-0.25, -0.2) is 0 Å². The molecule has 0 aromatic rings. The second-order valence-electron chi connectivity index (χ2n) is 0.482. The summed E-state index contributed by atoms with van der Waals surface area (Å²) in [6.45, 7) is -0.765. The van der Waals surface area contributed by atoms with Crippen molar-refractivity contribution in [2.75, 3.05) is 6.79 Å². The van der Waals surface area contributed by atoms with Gasteiger partial charge in [-0.05, 0) is 4.57 Å². The van der Waals surface area contributed by atoms with Gasteiger partial charge in [-0.2, -0.15) is 0 Å². The number of aliphatic hydroxyl groups excluding tert-OH is 1. The molecule has 0 spiro atoms. The Morgan fingerprint density at radius 1 is 2.00 bits per heavy atom. The fourth-order valence-electron chi connectivity index (χ4n) is 0.0471. The molecule has 0 aliphatic rings. The molecule has 0 aliphatic heterocycles. The maximum absolute atomic E-state index is 9.25. The highest BCUT2D eigenvalue weighted by Gasteiger charge is 1.93. The van der Waals surface area contributed by atoms with Gasteiger partial charge in [-0.3, -0.25) is 0 Å². The van der Waals surface area contributed by atoms with Crippen LogP contribution < -0.4 is 4.89 Å². The molecule has 0 aromatic carbocycles. The molecule has 1 unspecified atom stereocenters. The van der Waals surface area contributed by atoms with E-state index in [1.165, 1.54) is 0 Å². The Morgan fingerprint density at radius 3 is 2.50 bits per heavy atom. The fraction of sp³-hybridized carbons (Fsp3) is 1.00. The third-order valence-electron chi connectivity index (χ3n) is 0.163. The number of aliphatic hydroxyl groups is 1. The summed E-state index contributed by atoms with van der Waals surface area (Å²) in [6.07, 6.45) is 0. The molecule has 1 N–H and O–H groups in total. The summed E-state index contributed by atoms with van der Waals surface area (Å²) in [4.78, 5) is 9.25. The van der Waals surface area contributed by atoms with E-state index >= 15 is 0 Å². The van der Waals surface area contributed by atoms with Crippen molar-refractivity contribution >= 4 is 8.25 Å². The van der Waals surface area contributed by atoms with Crippen LogP contribution >= 0.6 is 8.25 Å². The second-order valence-corrected chi connectivity index (χ2v) is 1.19. The van der Waals surface area contributed by atoms with Crippen LogP contribution in [0.3, 0.4) is 0 Å². The Balaban J connectivity index is 2.83. The number of hydrogen-bond acceptors (Lipinski definition) is 4. The van der Waals surface area contributed by atoms with Crippen LogP contribution in [0.2, 0.25) is 0 Å². The van der Waals surface area contributed by atoms with Crippen LogP contribution in [-0.2, 0) is 9.09 Å². The van der Waals surface area contributed by atoms with Crippen LogP contribution in [-0.4, -0.2) is 11.9 Å². The average molecular weight is 110 g/mol. The van der Waals surface area contributed by atoms with Gasteiger partial charge >= 0.3 is 8.25 Å². The van der Waals surface area contributed by atoms with Crippen molar-refractivity contribution in [2.24, 2.45) is 0 Å². The summed E-state index contributed by atoms with van der Waals surface area (Å²) in [5, 5.41) is 7.63. The van der Waals surface area contributed by atoms with Crippen LogP contribution in [0.15, 0.2) is 0 Å². The molecule has 0 aliphatic carbocycles. The van der Waals surface area contributed by atoms with Crippen LogP contribution in [0.1, 0.15) is 0 Å². The van der Waals surface area contributed by atoms with E-state index in [1.807, 2.05) is 0 Å². The Kier molecular flexibility index (Phi) is 3.17. The van der Waals surface area contributed by atoms with E-state index in [-0.39, 0.29) is 0 Å². The molecule has 0 aromatic heterocycles. The molecule has 36 valence electrons. The third-order valence-corrected chi connectivity index (χ3v) is 0.489. The van der Waals surface area contributed by atoms with E-state index in [1.54, 1.807) is 0 Å². The van der Waals surface area contributed by atoms with Gasteiger partial charge in [0.15, 0.2) is 6.79 Å². The minimum absolute atomic E-state index is 0.765. The van der Waals surface area contributed by atoms with Gasteiger partial charge in [0.2, 0.25) is 0 Å². The molecule has 0 saturated carbocycles. The van der Waals surface area contributed by atoms with Crippen molar-refractivity contribution in [1.29, 1.82) is 0 Å². The van der Waals surface area contributed by atoms with E-state index in [4.69, 9.17) is 5.11 Å². The third kappa shape index (κ3) is 3.98. The van der Waals surface area contributed by atoms with Gasteiger partial charge in [-0.15, -0.1) is 4.52 Å². The highest BCUT2D eigenvalue weighted by molar-refractivity contribution is 7.30. The van der Waals surface area contributed by atoms with Crippen molar-refractivity contribution < 1.29 is 19.1 Å². The molecule has 0 rings (SSSR count). The molecular weight excluding hydrogens is 107 g/mol. The Bertz CT molecular complexity index is 51.5. The normalized spacial score (nSPS) is 11.3. The minimum Gasteiger partial charge on any atom is -0.566 e. The monoisotopic (exact) mass is 110 g/mol. The van der Waals surface area contributed by atoms with Crippen LogP contribution in [0.5, 0.6) is 0 Å². The Morgan fingerprint density at radius 2 is 2.50 bits per heavy atom. The fourth-order valence-corrected chi connectivity index (χ4v) is 0.141.